The van der Waals surface area contributed by atoms with Crippen molar-refractivity contribution in [1.29, 1.82) is 0 Å². The van der Waals surface area contributed by atoms with E-state index in [9.17, 15) is 0 Å². The molecule has 0 saturated heterocycles. The molecule has 0 aliphatic rings. The summed E-state index contributed by atoms with van der Waals surface area (Å²) in [4.78, 5) is 6.88. The summed E-state index contributed by atoms with van der Waals surface area (Å²) in [6, 6.07) is 52.8. The molecule has 4 aromatic heterocycles. The van der Waals surface area contributed by atoms with Crippen molar-refractivity contribution in [2.75, 3.05) is 4.90 Å². The summed E-state index contributed by atoms with van der Waals surface area (Å²) in [6.07, 6.45) is 1.81. The van der Waals surface area contributed by atoms with Gasteiger partial charge in [0, 0.05) is 55.6 Å². The van der Waals surface area contributed by atoms with E-state index in [1.165, 1.54) is 0 Å². The van der Waals surface area contributed by atoms with Crippen molar-refractivity contribution < 1.29 is 13.3 Å². The summed E-state index contributed by atoms with van der Waals surface area (Å²) >= 11 is 0. The highest BCUT2D eigenvalue weighted by Gasteiger charge is 2.19. The van der Waals surface area contributed by atoms with Crippen molar-refractivity contribution >= 4 is 93.8 Å². The van der Waals surface area contributed by atoms with E-state index in [1.807, 2.05) is 42.6 Å². The Kier molecular flexibility index (Phi) is 5.60. The third kappa shape index (κ3) is 4.04. The summed E-state index contributed by atoms with van der Waals surface area (Å²) in [5.74, 6) is 0. The van der Waals surface area contributed by atoms with Gasteiger partial charge in [0.15, 0.2) is 5.58 Å². The lowest BCUT2D eigenvalue weighted by atomic mass is 9.99. The second-order valence-electron chi connectivity index (χ2n) is 12.8. The van der Waals surface area contributed by atoms with Crippen LogP contribution >= 0.6 is 0 Å². The Hall–Kier alpha value is -6.85. The SMILES string of the molecule is c1cc(-c2ccc3c(ccc4c5ncccc5oc34)c2)cc(N(c2ccc3oc4ccccc4c3c2)c2ccc3oc4ccccc4c3c2)c1. The molecule has 0 N–H and O–H groups in total. The summed E-state index contributed by atoms with van der Waals surface area (Å²) in [6.45, 7) is 0. The minimum absolute atomic E-state index is 0.801. The van der Waals surface area contributed by atoms with E-state index in [0.717, 1.165) is 105 Å². The molecule has 0 spiro atoms. The van der Waals surface area contributed by atoms with Gasteiger partial charge in [0.05, 0.1) is 0 Å². The minimum atomic E-state index is 0.801. The van der Waals surface area contributed by atoms with Crippen LogP contribution in [0.25, 0.3) is 87.8 Å². The number of rotatable bonds is 4. The van der Waals surface area contributed by atoms with Gasteiger partial charge in [-0.3, -0.25) is 4.98 Å². The Bertz CT molecular complexity index is 3010. The predicted molar refractivity (Wildman–Crippen MR) is 204 cm³/mol. The molecule has 0 fully saturated rings. The van der Waals surface area contributed by atoms with Crippen LogP contribution in [0.5, 0.6) is 0 Å². The van der Waals surface area contributed by atoms with Gasteiger partial charge in [-0.1, -0.05) is 60.7 Å². The van der Waals surface area contributed by atoms with Gasteiger partial charge in [0.2, 0.25) is 0 Å². The Balaban J connectivity index is 1.09. The summed E-state index contributed by atoms with van der Waals surface area (Å²) < 4.78 is 18.7. The van der Waals surface area contributed by atoms with E-state index < -0.39 is 0 Å². The number of pyridine rings is 1. The molecule has 5 heteroatoms. The van der Waals surface area contributed by atoms with Crippen LogP contribution in [0.15, 0.2) is 171 Å². The minimum Gasteiger partial charge on any atom is -0.456 e. The number of hydrogen-bond acceptors (Lipinski definition) is 5. The average molecular weight is 643 g/mol. The number of para-hydroxylation sites is 2. The first-order valence-corrected chi connectivity index (χ1v) is 16.7. The first kappa shape index (κ1) is 27.1. The molecular formula is C45H26N2O3. The number of anilines is 3. The van der Waals surface area contributed by atoms with Crippen molar-refractivity contribution in [3.8, 4) is 11.1 Å². The van der Waals surface area contributed by atoms with Crippen LogP contribution in [0.3, 0.4) is 0 Å². The van der Waals surface area contributed by atoms with E-state index in [2.05, 4.69) is 125 Å². The molecule has 50 heavy (non-hydrogen) atoms. The fourth-order valence-corrected chi connectivity index (χ4v) is 7.54. The maximum Gasteiger partial charge on any atom is 0.153 e. The van der Waals surface area contributed by atoms with Gasteiger partial charge < -0.3 is 18.2 Å². The van der Waals surface area contributed by atoms with E-state index in [-0.39, 0.29) is 0 Å². The second-order valence-corrected chi connectivity index (χ2v) is 12.8. The fourth-order valence-electron chi connectivity index (χ4n) is 7.54. The van der Waals surface area contributed by atoms with E-state index >= 15 is 0 Å². The van der Waals surface area contributed by atoms with Gasteiger partial charge in [0.1, 0.15) is 33.4 Å². The maximum absolute atomic E-state index is 6.28. The molecule has 4 heterocycles. The molecule has 11 aromatic rings. The average Bonchev–Trinajstić information content (AvgIpc) is 3.86. The van der Waals surface area contributed by atoms with Gasteiger partial charge in [-0.15, -0.1) is 0 Å². The summed E-state index contributed by atoms with van der Waals surface area (Å²) in [5, 5.41) is 7.57. The van der Waals surface area contributed by atoms with Crippen LogP contribution in [-0.4, -0.2) is 4.98 Å². The molecule has 5 nitrogen and oxygen atoms in total. The standard InChI is InChI=1S/C45H26N2O3/c1-3-11-39-34(9-1)37-25-31(16-20-41(37)48-39)47(32-17-21-42-38(26-32)35-10-2-4-12-40(35)49-42)30-8-5-7-27(24-30)28-14-18-33-29(23-28)15-19-36-44-43(50-45(33)36)13-6-22-46-44/h1-26H. The van der Waals surface area contributed by atoms with Crippen LogP contribution < -0.4 is 4.90 Å². The van der Waals surface area contributed by atoms with Gasteiger partial charge in [0.25, 0.3) is 0 Å². The van der Waals surface area contributed by atoms with Crippen molar-refractivity contribution in [2.24, 2.45) is 0 Å². The van der Waals surface area contributed by atoms with Gasteiger partial charge in [-0.25, -0.2) is 0 Å². The largest absolute Gasteiger partial charge is 0.456 e. The van der Waals surface area contributed by atoms with Gasteiger partial charge in [-0.2, -0.15) is 0 Å². The van der Waals surface area contributed by atoms with Gasteiger partial charge >= 0.3 is 0 Å². The summed E-state index contributed by atoms with van der Waals surface area (Å²) in [7, 11) is 0. The molecule has 0 saturated carbocycles. The lowest BCUT2D eigenvalue weighted by Gasteiger charge is -2.26. The molecule has 0 aliphatic carbocycles. The van der Waals surface area contributed by atoms with Crippen LogP contribution in [0.2, 0.25) is 0 Å². The van der Waals surface area contributed by atoms with Crippen LogP contribution in [0, 0.1) is 0 Å². The molecule has 11 rings (SSSR count). The monoisotopic (exact) mass is 642 g/mol. The quantitative estimate of drug-likeness (QED) is 0.191. The molecule has 0 unspecified atom stereocenters. The van der Waals surface area contributed by atoms with Crippen molar-refractivity contribution in [1.82, 2.24) is 4.98 Å². The highest BCUT2D eigenvalue weighted by Crippen LogP contribution is 2.42. The third-order valence-corrected chi connectivity index (χ3v) is 9.88. The molecule has 0 amide bonds. The first-order valence-electron chi connectivity index (χ1n) is 16.7. The fraction of sp³-hybridized carbons (Fsp3) is 0. The maximum atomic E-state index is 6.28. The predicted octanol–water partition coefficient (Wildman–Crippen LogP) is 13.1. The number of nitrogens with zero attached hydrogens (tertiary/aromatic N) is 2. The molecule has 234 valence electrons. The third-order valence-electron chi connectivity index (χ3n) is 9.88. The topological polar surface area (TPSA) is 55.6 Å². The Labute approximate surface area is 285 Å². The molecule has 0 atom stereocenters. The number of fused-ring (bicyclic) bond motifs is 11. The van der Waals surface area contributed by atoms with E-state index in [0.29, 0.717) is 0 Å². The second kappa shape index (κ2) is 10.3. The number of aromatic nitrogens is 1. The van der Waals surface area contributed by atoms with Crippen LogP contribution in [0.1, 0.15) is 0 Å². The zero-order valence-electron chi connectivity index (χ0n) is 26.6. The lowest BCUT2D eigenvalue weighted by molar-refractivity contribution is 0.668. The molecular weight excluding hydrogens is 617 g/mol. The Morgan fingerprint density at radius 1 is 0.380 bits per heavy atom. The van der Waals surface area contributed by atoms with Crippen molar-refractivity contribution in [2.45, 2.75) is 0 Å². The van der Waals surface area contributed by atoms with Crippen molar-refractivity contribution in [3.63, 3.8) is 0 Å². The zero-order chi connectivity index (χ0) is 32.8. The van der Waals surface area contributed by atoms with E-state index in [1.54, 1.807) is 0 Å². The normalized spacial score (nSPS) is 12.0. The molecule has 0 radical (unpaired) electrons. The zero-order valence-corrected chi connectivity index (χ0v) is 26.6. The highest BCUT2D eigenvalue weighted by atomic mass is 16.3. The summed E-state index contributed by atoms with van der Waals surface area (Å²) in [5.41, 5.74) is 11.4. The van der Waals surface area contributed by atoms with E-state index in [4.69, 9.17) is 13.3 Å². The first-order chi connectivity index (χ1) is 24.7. The Morgan fingerprint density at radius 3 is 1.74 bits per heavy atom. The molecule has 7 aromatic carbocycles. The van der Waals surface area contributed by atoms with Crippen LogP contribution in [0.4, 0.5) is 17.1 Å². The number of hydrogen-bond donors (Lipinski definition) is 0. The van der Waals surface area contributed by atoms with Gasteiger partial charge in [-0.05, 0) is 108 Å². The van der Waals surface area contributed by atoms with Crippen LogP contribution in [-0.2, 0) is 0 Å². The van der Waals surface area contributed by atoms with Crippen molar-refractivity contribution in [3.05, 3.63) is 158 Å². The molecule has 0 bridgehead atoms. The molecule has 0 aliphatic heterocycles. The highest BCUT2D eigenvalue weighted by molar-refractivity contribution is 6.14. The smallest absolute Gasteiger partial charge is 0.153 e. The number of furan rings is 3. The Morgan fingerprint density at radius 2 is 1.00 bits per heavy atom. The number of benzene rings is 7. The lowest BCUT2D eigenvalue weighted by Crippen LogP contribution is -2.10.